The highest BCUT2D eigenvalue weighted by molar-refractivity contribution is 7.89. The number of carbonyl (C=O) groups excluding carboxylic acids is 1. The van der Waals surface area contributed by atoms with Crippen LogP contribution in [0.5, 0.6) is 0 Å². The molecule has 3 aliphatic rings. The molecule has 3 heterocycles. The number of likely N-dealkylation sites (N-methyl/N-ethyl adjacent to an activating group) is 1. The summed E-state index contributed by atoms with van der Waals surface area (Å²) in [7, 11) is -1.56. The fourth-order valence-electron chi connectivity index (χ4n) is 5.06. The lowest BCUT2D eigenvalue weighted by Crippen LogP contribution is -2.44. The Morgan fingerprint density at radius 3 is 2.54 bits per heavy atom. The maximum absolute atomic E-state index is 13.3. The minimum Gasteiger partial charge on any atom is -0.369 e. The van der Waals surface area contributed by atoms with Gasteiger partial charge in [-0.05, 0) is 79.9 Å². The molecule has 1 aliphatic carbocycles. The number of nitrogens with one attached hydrogen (secondary N) is 2. The molecule has 2 N–H and O–H groups in total. The monoisotopic (exact) mass is 544 g/mol. The van der Waals surface area contributed by atoms with Crippen LogP contribution in [0.15, 0.2) is 76.9 Å². The zero-order valence-electron chi connectivity index (χ0n) is 21.9. The molecule has 6 rings (SSSR count). The Morgan fingerprint density at radius 1 is 1.08 bits per heavy atom. The Hall–Kier alpha value is -3.60. The van der Waals surface area contributed by atoms with Gasteiger partial charge in [0.25, 0.3) is 0 Å². The van der Waals surface area contributed by atoms with Gasteiger partial charge in [-0.15, -0.1) is 0 Å². The molecule has 1 atom stereocenters. The van der Waals surface area contributed by atoms with Crippen LogP contribution in [-0.4, -0.2) is 69.7 Å². The van der Waals surface area contributed by atoms with E-state index < -0.39 is 15.9 Å². The van der Waals surface area contributed by atoms with Gasteiger partial charge in [-0.3, -0.25) is 14.8 Å². The number of carbonyl (C=O) groups is 1. The number of benzene rings is 2. The van der Waals surface area contributed by atoms with E-state index in [4.69, 9.17) is 4.99 Å². The molecular formula is C29H32N6O3S. The van der Waals surface area contributed by atoms with Gasteiger partial charge in [0.15, 0.2) is 0 Å². The third-order valence-corrected chi connectivity index (χ3v) is 9.04. The molecule has 39 heavy (non-hydrogen) atoms. The third kappa shape index (κ3) is 5.59. The first kappa shape index (κ1) is 25.7. The van der Waals surface area contributed by atoms with E-state index in [1.807, 2.05) is 18.2 Å². The number of aliphatic imine (C=N–C) groups is 1. The summed E-state index contributed by atoms with van der Waals surface area (Å²) in [6.07, 6.45) is 5.45. The van der Waals surface area contributed by atoms with Crippen molar-refractivity contribution in [2.75, 3.05) is 50.0 Å². The van der Waals surface area contributed by atoms with Crippen LogP contribution in [-0.2, 0) is 14.8 Å². The lowest BCUT2D eigenvalue weighted by Gasteiger charge is -2.34. The summed E-state index contributed by atoms with van der Waals surface area (Å²) in [5.74, 6) is -0.612. The average Bonchev–Trinajstić information content (AvgIpc) is 3.73. The summed E-state index contributed by atoms with van der Waals surface area (Å²) in [6.45, 7) is 4.43. The average molecular weight is 545 g/mol. The topological polar surface area (TPSA) is 107 Å². The molecule has 9 nitrogen and oxygen atoms in total. The molecule has 3 aromatic rings. The molecule has 202 valence electrons. The van der Waals surface area contributed by atoms with E-state index >= 15 is 0 Å². The standard InChI is InChI=1S/C29H32N6O3S/c1-34-13-15-35(16-14-34)23-8-6-22(7-9-23)32-28(21-3-2-12-30-19-21)27-25-17-24(10-11-26(25)33-29(27)36)39(37,38)31-18-20-4-5-20/h2-3,6-12,17,19-20,27,31H,4-5,13-16,18H2,1H3,(H,33,36). The molecule has 1 amide bonds. The summed E-state index contributed by atoms with van der Waals surface area (Å²) in [4.78, 5) is 27.3. The maximum atomic E-state index is 13.3. The van der Waals surface area contributed by atoms with Gasteiger partial charge in [-0.1, -0.05) is 6.07 Å². The quantitative estimate of drug-likeness (QED) is 0.421. The van der Waals surface area contributed by atoms with E-state index in [1.54, 1.807) is 30.6 Å². The van der Waals surface area contributed by atoms with Crippen molar-refractivity contribution >= 4 is 38.7 Å². The van der Waals surface area contributed by atoms with E-state index in [0.29, 0.717) is 40.7 Å². The number of fused-ring (bicyclic) bond motifs is 1. The number of hydrogen-bond donors (Lipinski definition) is 2. The van der Waals surface area contributed by atoms with E-state index in [-0.39, 0.29) is 10.8 Å². The largest absolute Gasteiger partial charge is 0.369 e. The molecule has 1 saturated heterocycles. The van der Waals surface area contributed by atoms with Gasteiger partial charge < -0.3 is 15.1 Å². The molecule has 2 fully saturated rings. The minimum atomic E-state index is -3.70. The first-order valence-electron chi connectivity index (χ1n) is 13.3. The highest BCUT2D eigenvalue weighted by Crippen LogP contribution is 2.38. The second-order valence-corrected chi connectivity index (χ2v) is 12.3. The second-order valence-electron chi connectivity index (χ2n) is 10.5. The van der Waals surface area contributed by atoms with Crippen LogP contribution in [0.4, 0.5) is 17.1 Å². The van der Waals surface area contributed by atoms with Gasteiger partial charge in [0.1, 0.15) is 5.92 Å². The third-order valence-electron chi connectivity index (χ3n) is 7.62. The molecule has 2 aromatic carbocycles. The number of anilines is 2. The van der Waals surface area contributed by atoms with Crippen LogP contribution in [0.2, 0.25) is 0 Å². The van der Waals surface area contributed by atoms with Crippen LogP contribution in [0, 0.1) is 5.92 Å². The summed E-state index contributed by atoms with van der Waals surface area (Å²) in [5.41, 5.74) is 4.25. The number of pyridine rings is 1. The first-order chi connectivity index (χ1) is 18.9. The van der Waals surface area contributed by atoms with Crippen LogP contribution >= 0.6 is 0 Å². The Morgan fingerprint density at radius 2 is 1.85 bits per heavy atom. The number of amides is 1. The van der Waals surface area contributed by atoms with E-state index in [0.717, 1.165) is 44.7 Å². The number of sulfonamides is 1. The van der Waals surface area contributed by atoms with Crippen molar-refractivity contribution in [2.24, 2.45) is 10.9 Å². The van der Waals surface area contributed by atoms with Gasteiger partial charge in [0, 0.05) is 62.1 Å². The van der Waals surface area contributed by atoms with Crippen LogP contribution in [0.3, 0.4) is 0 Å². The first-order valence-corrected chi connectivity index (χ1v) is 14.8. The van der Waals surface area contributed by atoms with Crippen LogP contribution < -0.4 is 14.9 Å². The molecule has 0 spiro atoms. The van der Waals surface area contributed by atoms with E-state index in [9.17, 15) is 13.2 Å². The van der Waals surface area contributed by atoms with Crippen molar-refractivity contribution in [1.29, 1.82) is 0 Å². The summed E-state index contributed by atoms with van der Waals surface area (Å²) in [5, 5.41) is 2.91. The lowest BCUT2D eigenvalue weighted by atomic mass is 9.91. The van der Waals surface area contributed by atoms with Gasteiger partial charge in [0.2, 0.25) is 15.9 Å². The highest BCUT2D eigenvalue weighted by atomic mass is 32.2. The number of nitrogens with zero attached hydrogens (tertiary/aromatic N) is 4. The van der Waals surface area contributed by atoms with Crippen molar-refractivity contribution in [3.8, 4) is 0 Å². The zero-order chi connectivity index (χ0) is 27.0. The lowest BCUT2D eigenvalue weighted by molar-refractivity contribution is -0.115. The fourth-order valence-corrected chi connectivity index (χ4v) is 6.21. The summed E-state index contributed by atoms with van der Waals surface area (Å²) in [6, 6.07) is 16.5. The highest BCUT2D eigenvalue weighted by Gasteiger charge is 2.37. The molecule has 10 heteroatoms. The van der Waals surface area contributed by atoms with Gasteiger partial charge in [0.05, 0.1) is 16.3 Å². The van der Waals surface area contributed by atoms with Crippen molar-refractivity contribution < 1.29 is 13.2 Å². The number of piperazine rings is 1. The smallest absolute Gasteiger partial charge is 0.240 e. The molecule has 1 unspecified atom stereocenters. The summed E-state index contributed by atoms with van der Waals surface area (Å²) < 4.78 is 28.7. The van der Waals surface area contributed by atoms with Crippen LogP contribution in [0.1, 0.15) is 29.9 Å². The second kappa shape index (κ2) is 10.5. The fraction of sp³-hybridized carbons (Fsp3) is 0.345. The predicted molar refractivity (Wildman–Crippen MR) is 152 cm³/mol. The van der Waals surface area contributed by atoms with Gasteiger partial charge in [-0.2, -0.15) is 0 Å². The Bertz CT molecular complexity index is 1500. The Kier molecular flexibility index (Phi) is 6.92. The Labute approximate surface area is 229 Å². The molecule has 2 aliphatic heterocycles. The van der Waals surface area contributed by atoms with E-state index in [1.165, 1.54) is 6.07 Å². The van der Waals surface area contributed by atoms with Crippen molar-refractivity contribution in [3.05, 3.63) is 78.1 Å². The Balaban J connectivity index is 1.34. The number of hydrogen-bond acceptors (Lipinski definition) is 7. The maximum Gasteiger partial charge on any atom is 0.240 e. The van der Waals surface area contributed by atoms with Crippen LogP contribution in [0.25, 0.3) is 0 Å². The number of rotatable bonds is 8. The van der Waals surface area contributed by atoms with E-state index in [2.05, 4.69) is 44.0 Å². The normalized spacial score (nSPS) is 20.1. The SMILES string of the molecule is CN1CCN(c2ccc(N=C(c3cccnc3)C3C(=O)Nc4ccc(S(=O)(=O)NCC5CC5)cc43)cc2)CC1. The van der Waals surface area contributed by atoms with Gasteiger partial charge in [-0.25, -0.2) is 13.1 Å². The molecule has 1 saturated carbocycles. The van der Waals surface area contributed by atoms with Crippen molar-refractivity contribution in [1.82, 2.24) is 14.6 Å². The number of aromatic nitrogens is 1. The molecule has 0 radical (unpaired) electrons. The van der Waals surface area contributed by atoms with Crippen molar-refractivity contribution in [2.45, 2.75) is 23.7 Å². The summed E-state index contributed by atoms with van der Waals surface area (Å²) >= 11 is 0. The zero-order valence-corrected chi connectivity index (χ0v) is 22.7. The van der Waals surface area contributed by atoms with Gasteiger partial charge >= 0.3 is 0 Å². The predicted octanol–water partition coefficient (Wildman–Crippen LogP) is 3.38. The molecule has 1 aromatic heterocycles. The minimum absolute atomic E-state index is 0.144. The molecular weight excluding hydrogens is 512 g/mol. The molecule has 0 bridgehead atoms. The van der Waals surface area contributed by atoms with Crippen molar-refractivity contribution in [3.63, 3.8) is 0 Å².